The lowest BCUT2D eigenvalue weighted by atomic mass is 10.1. The van der Waals surface area contributed by atoms with Gasteiger partial charge in [-0.2, -0.15) is 0 Å². The molecule has 0 atom stereocenters. The Morgan fingerprint density at radius 3 is 2.67 bits per heavy atom. The maximum Gasteiger partial charge on any atom is 0.257 e. The third-order valence-corrected chi connectivity index (χ3v) is 3.42. The Hall–Kier alpha value is -1.51. The van der Waals surface area contributed by atoms with E-state index in [1.807, 2.05) is 31.7 Å². The first-order valence-corrected chi connectivity index (χ1v) is 6.59. The zero-order chi connectivity index (χ0) is 13.3. The van der Waals surface area contributed by atoms with E-state index in [0.29, 0.717) is 11.5 Å². The minimum atomic E-state index is -0.0573. The second kappa shape index (κ2) is 5.01. The van der Waals surface area contributed by atoms with Crippen molar-refractivity contribution >= 4 is 5.91 Å². The third kappa shape index (κ3) is 2.84. The van der Waals surface area contributed by atoms with Crippen LogP contribution in [0.4, 0.5) is 0 Å². The van der Waals surface area contributed by atoms with Crippen LogP contribution in [0.15, 0.2) is 18.2 Å². The van der Waals surface area contributed by atoms with Crippen LogP contribution >= 0.6 is 0 Å². The Labute approximate surface area is 108 Å². The first kappa shape index (κ1) is 12.9. The molecule has 1 amide bonds. The molecule has 1 aliphatic rings. The Bertz CT molecular complexity index is 450. The normalized spacial score (nSPS) is 14.9. The molecule has 0 unspecified atom stereocenters. The number of amides is 1. The molecule has 98 valence electrons. The van der Waals surface area contributed by atoms with Crippen molar-refractivity contribution in [2.45, 2.75) is 39.7 Å². The number of aryl methyl sites for hydroxylation is 1. The van der Waals surface area contributed by atoms with E-state index in [0.717, 1.165) is 12.1 Å². The highest BCUT2D eigenvalue weighted by atomic mass is 16.3. The van der Waals surface area contributed by atoms with Gasteiger partial charge in [0.05, 0.1) is 5.56 Å². The number of carbonyl (C=O) groups excluding carboxylic acids is 1. The lowest BCUT2D eigenvalue weighted by Crippen LogP contribution is -2.38. The molecule has 0 bridgehead atoms. The lowest BCUT2D eigenvalue weighted by molar-refractivity contribution is 0.0693. The number of phenolic OH excluding ortho intramolecular Hbond substituents is 1. The van der Waals surface area contributed by atoms with E-state index in [9.17, 15) is 9.90 Å². The Balaban J connectivity index is 2.23. The van der Waals surface area contributed by atoms with Gasteiger partial charge in [-0.3, -0.25) is 4.79 Å². The predicted molar refractivity (Wildman–Crippen MR) is 71.7 cm³/mol. The molecule has 0 aliphatic heterocycles. The first-order chi connectivity index (χ1) is 8.49. The van der Waals surface area contributed by atoms with Crippen LogP contribution in [0.25, 0.3) is 0 Å². The highest BCUT2D eigenvalue weighted by Gasteiger charge is 2.29. The largest absolute Gasteiger partial charge is 0.507 e. The summed E-state index contributed by atoms with van der Waals surface area (Å²) in [7, 11) is 0. The summed E-state index contributed by atoms with van der Waals surface area (Å²) in [5, 5.41) is 9.84. The molecule has 1 aromatic rings. The number of rotatable bonds is 4. The molecule has 0 radical (unpaired) electrons. The molecular weight excluding hydrogens is 226 g/mol. The van der Waals surface area contributed by atoms with Crippen LogP contribution in [0.3, 0.4) is 0 Å². The van der Waals surface area contributed by atoms with Crippen LogP contribution in [-0.4, -0.2) is 28.5 Å². The molecule has 1 N–H and O–H groups in total. The van der Waals surface area contributed by atoms with Crippen molar-refractivity contribution in [1.29, 1.82) is 0 Å². The molecule has 3 heteroatoms. The van der Waals surface area contributed by atoms with Crippen molar-refractivity contribution in [2.24, 2.45) is 5.92 Å². The Kier molecular flexibility index (Phi) is 3.60. The highest BCUT2D eigenvalue weighted by molar-refractivity contribution is 5.97. The lowest BCUT2D eigenvalue weighted by Gasteiger charge is -2.27. The second-order valence-electron chi connectivity index (χ2n) is 5.52. The number of phenols is 1. The summed E-state index contributed by atoms with van der Waals surface area (Å²) in [4.78, 5) is 14.4. The van der Waals surface area contributed by atoms with Crippen molar-refractivity contribution < 1.29 is 9.90 Å². The zero-order valence-electron chi connectivity index (χ0n) is 11.3. The highest BCUT2D eigenvalue weighted by Crippen LogP contribution is 2.31. The van der Waals surface area contributed by atoms with E-state index in [-0.39, 0.29) is 17.7 Å². The molecular formula is C15H21NO2. The summed E-state index contributed by atoms with van der Waals surface area (Å²) >= 11 is 0. The van der Waals surface area contributed by atoms with E-state index >= 15 is 0 Å². The summed E-state index contributed by atoms with van der Waals surface area (Å²) < 4.78 is 0. The minimum Gasteiger partial charge on any atom is -0.507 e. The molecule has 2 rings (SSSR count). The molecule has 0 heterocycles. The van der Waals surface area contributed by atoms with Crippen molar-refractivity contribution in [3.05, 3.63) is 29.3 Å². The van der Waals surface area contributed by atoms with Gasteiger partial charge in [0, 0.05) is 12.6 Å². The van der Waals surface area contributed by atoms with Crippen LogP contribution in [0, 0.1) is 12.8 Å². The number of hydrogen-bond donors (Lipinski definition) is 1. The smallest absolute Gasteiger partial charge is 0.257 e. The summed E-state index contributed by atoms with van der Waals surface area (Å²) in [5.74, 6) is 0.674. The minimum absolute atomic E-state index is 0.0573. The fraction of sp³-hybridized carbons (Fsp3) is 0.533. The van der Waals surface area contributed by atoms with Gasteiger partial charge in [-0.05, 0) is 51.7 Å². The van der Waals surface area contributed by atoms with E-state index in [1.165, 1.54) is 12.8 Å². The number of benzene rings is 1. The second-order valence-corrected chi connectivity index (χ2v) is 5.52. The van der Waals surface area contributed by atoms with E-state index < -0.39 is 0 Å². The SMILES string of the molecule is Cc1ccc(O)c(C(=O)N(CC2CC2)C(C)C)c1. The van der Waals surface area contributed by atoms with Crippen molar-refractivity contribution in [3.8, 4) is 5.75 Å². The molecule has 0 spiro atoms. The van der Waals surface area contributed by atoms with Crippen LogP contribution in [0.2, 0.25) is 0 Å². The van der Waals surface area contributed by atoms with Gasteiger partial charge in [0.15, 0.2) is 0 Å². The average molecular weight is 247 g/mol. The Morgan fingerprint density at radius 2 is 2.11 bits per heavy atom. The molecule has 0 saturated heterocycles. The van der Waals surface area contributed by atoms with E-state index in [4.69, 9.17) is 0 Å². The molecule has 1 fully saturated rings. The van der Waals surface area contributed by atoms with Crippen LogP contribution < -0.4 is 0 Å². The first-order valence-electron chi connectivity index (χ1n) is 6.59. The zero-order valence-corrected chi connectivity index (χ0v) is 11.3. The Morgan fingerprint density at radius 1 is 1.44 bits per heavy atom. The van der Waals surface area contributed by atoms with Gasteiger partial charge < -0.3 is 10.0 Å². The monoisotopic (exact) mass is 247 g/mol. The summed E-state index contributed by atoms with van der Waals surface area (Å²) in [6, 6.07) is 5.34. The van der Waals surface area contributed by atoms with Gasteiger partial charge in [-0.15, -0.1) is 0 Å². The maximum absolute atomic E-state index is 12.5. The summed E-state index contributed by atoms with van der Waals surface area (Å²) in [5.41, 5.74) is 1.41. The van der Waals surface area contributed by atoms with E-state index in [2.05, 4.69) is 0 Å². The number of carbonyl (C=O) groups is 1. The molecule has 18 heavy (non-hydrogen) atoms. The fourth-order valence-electron chi connectivity index (χ4n) is 2.08. The predicted octanol–water partition coefficient (Wildman–Crippen LogP) is 2.96. The summed E-state index contributed by atoms with van der Waals surface area (Å²) in [6.07, 6.45) is 2.44. The van der Waals surface area contributed by atoms with Gasteiger partial charge in [0.25, 0.3) is 5.91 Å². The van der Waals surface area contributed by atoms with Crippen LogP contribution in [0.1, 0.15) is 42.6 Å². The van der Waals surface area contributed by atoms with Gasteiger partial charge in [0.2, 0.25) is 0 Å². The van der Waals surface area contributed by atoms with Crippen LogP contribution in [0.5, 0.6) is 5.75 Å². The average Bonchev–Trinajstić information content (AvgIpc) is 3.12. The summed E-state index contributed by atoms with van der Waals surface area (Å²) in [6.45, 7) is 6.78. The number of hydrogen-bond acceptors (Lipinski definition) is 2. The standard InChI is InChI=1S/C15H21NO2/c1-10(2)16(9-12-5-6-12)15(18)13-8-11(3)4-7-14(13)17/h4,7-8,10,12,17H,5-6,9H2,1-3H3. The number of aromatic hydroxyl groups is 1. The molecule has 1 aromatic carbocycles. The molecule has 3 nitrogen and oxygen atoms in total. The van der Waals surface area contributed by atoms with Crippen molar-refractivity contribution in [3.63, 3.8) is 0 Å². The van der Waals surface area contributed by atoms with Crippen molar-refractivity contribution in [2.75, 3.05) is 6.54 Å². The number of nitrogens with zero attached hydrogens (tertiary/aromatic N) is 1. The molecule has 0 aromatic heterocycles. The van der Waals surface area contributed by atoms with Gasteiger partial charge >= 0.3 is 0 Å². The fourth-order valence-corrected chi connectivity index (χ4v) is 2.08. The van der Waals surface area contributed by atoms with Crippen molar-refractivity contribution in [1.82, 2.24) is 4.90 Å². The quantitative estimate of drug-likeness (QED) is 0.888. The van der Waals surface area contributed by atoms with Gasteiger partial charge in [-0.25, -0.2) is 0 Å². The third-order valence-electron chi connectivity index (χ3n) is 3.42. The van der Waals surface area contributed by atoms with E-state index in [1.54, 1.807) is 12.1 Å². The van der Waals surface area contributed by atoms with Crippen LogP contribution in [-0.2, 0) is 0 Å². The molecule has 1 saturated carbocycles. The van der Waals surface area contributed by atoms with Gasteiger partial charge in [0.1, 0.15) is 5.75 Å². The molecule has 1 aliphatic carbocycles. The van der Waals surface area contributed by atoms with Gasteiger partial charge in [-0.1, -0.05) is 11.6 Å². The maximum atomic E-state index is 12.5. The topological polar surface area (TPSA) is 40.5 Å².